The molecule has 0 spiro atoms. The molecule has 0 saturated carbocycles. The third-order valence-corrected chi connectivity index (χ3v) is 6.85. The van der Waals surface area contributed by atoms with Crippen LogP contribution >= 0.6 is 7.60 Å². The van der Waals surface area contributed by atoms with E-state index in [1.807, 2.05) is 0 Å². The molecule has 16 heavy (non-hydrogen) atoms. The third kappa shape index (κ3) is 5.05. The molecule has 0 amide bonds. The van der Waals surface area contributed by atoms with Crippen molar-refractivity contribution in [2.45, 2.75) is 31.5 Å². The van der Waals surface area contributed by atoms with Crippen molar-refractivity contribution in [1.82, 2.24) is 0 Å². The van der Waals surface area contributed by atoms with Crippen LogP contribution in [-0.2, 0) is 17.8 Å². The number of hydrogen-bond acceptors (Lipinski definition) is 4. The van der Waals surface area contributed by atoms with Crippen LogP contribution in [0.3, 0.4) is 0 Å². The molecule has 6 nitrogen and oxygen atoms in total. The van der Waals surface area contributed by atoms with Crippen molar-refractivity contribution < 1.29 is 27.6 Å². The largest absolute Gasteiger partial charge is 0.500 e. The van der Waals surface area contributed by atoms with E-state index in [1.54, 1.807) is 0 Å². The zero-order valence-corrected chi connectivity index (χ0v) is 12.1. The third-order valence-electron chi connectivity index (χ3n) is 2.61. The highest BCUT2D eigenvalue weighted by atomic mass is 31.2. The average Bonchev–Trinajstić information content (AvgIpc) is 2.23. The predicted octanol–water partition coefficient (Wildman–Crippen LogP) is 1.21. The molecule has 0 bridgehead atoms. The summed E-state index contributed by atoms with van der Waals surface area (Å²) in [6.45, 7) is 1.54. The minimum atomic E-state index is -3.97. The first kappa shape index (κ1) is 16.2. The van der Waals surface area contributed by atoms with E-state index in [-0.39, 0.29) is 0 Å². The molecule has 0 aromatic heterocycles. The van der Waals surface area contributed by atoms with Gasteiger partial charge in [-0.25, -0.2) is 0 Å². The van der Waals surface area contributed by atoms with Gasteiger partial charge in [-0.15, -0.1) is 0 Å². The lowest BCUT2D eigenvalue weighted by atomic mass is 10.3. The molecule has 0 radical (unpaired) electrons. The first-order chi connectivity index (χ1) is 7.31. The van der Waals surface area contributed by atoms with E-state index in [1.165, 1.54) is 28.3 Å². The summed E-state index contributed by atoms with van der Waals surface area (Å²) in [7, 11) is -2.01. The second-order valence-electron chi connectivity index (χ2n) is 3.63. The molecule has 0 heterocycles. The van der Waals surface area contributed by atoms with Crippen LogP contribution in [0.5, 0.6) is 0 Å². The second kappa shape index (κ2) is 6.86. The molecule has 1 unspecified atom stereocenters. The fraction of sp³-hybridized carbons (Fsp3) is 1.00. The van der Waals surface area contributed by atoms with Gasteiger partial charge in [-0.05, 0) is 12.8 Å². The van der Waals surface area contributed by atoms with Crippen molar-refractivity contribution >= 4 is 16.4 Å². The Morgan fingerprint density at radius 3 is 1.94 bits per heavy atom. The van der Waals surface area contributed by atoms with Crippen molar-refractivity contribution in [3.63, 3.8) is 0 Å². The van der Waals surface area contributed by atoms with E-state index in [0.717, 1.165) is 0 Å². The lowest BCUT2D eigenvalue weighted by Crippen LogP contribution is -2.42. The van der Waals surface area contributed by atoms with E-state index in [4.69, 9.17) is 23.1 Å². The highest BCUT2D eigenvalue weighted by molar-refractivity contribution is 7.52. The fourth-order valence-corrected chi connectivity index (χ4v) is 3.61. The molecule has 2 N–H and O–H groups in total. The van der Waals surface area contributed by atoms with Crippen LogP contribution < -0.4 is 0 Å². The Kier molecular flexibility index (Phi) is 6.96. The van der Waals surface area contributed by atoms with Crippen LogP contribution in [0.2, 0.25) is 6.04 Å². The molecule has 0 aliphatic carbocycles. The lowest BCUT2D eigenvalue weighted by molar-refractivity contribution is 0.122. The summed E-state index contributed by atoms with van der Waals surface area (Å²) in [5.74, 6) is 0. The van der Waals surface area contributed by atoms with Gasteiger partial charge >= 0.3 is 16.4 Å². The Labute approximate surface area is 97.4 Å². The van der Waals surface area contributed by atoms with Gasteiger partial charge in [0.1, 0.15) is 0 Å². The summed E-state index contributed by atoms with van der Waals surface area (Å²) in [5, 5.41) is 0. The summed E-state index contributed by atoms with van der Waals surface area (Å²) in [6.07, 6.45) is 1.03. The van der Waals surface area contributed by atoms with Crippen molar-refractivity contribution in [2.75, 3.05) is 21.3 Å². The van der Waals surface area contributed by atoms with Crippen LogP contribution in [0.25, 0.3) is 0 Å². The molecular weight excluding hydrogens is 251 g/mol. The first-order valence-electron chi connectivity index (χ1n) is 5.02. The Bertz CT molecular complexity index is 230. The van der Waals surface area contributed by atoms with Gasteiger partial charge in [-0.1, -0.05) is 6.92 Å². The van der Waals surface area contributed by atoms with Gasteiger partial charge in [0.15, 0.2) is 0 Å². The molecular formula is C8H21O6PSi. The summed E-state index contributed by atoms with van der Waals surface area (Å²) in [6, 6.07) is 0.556. The molecule has 0 fully saturated rings. The van der Waals surface area contributed by atoms with Crippen LogP contribution in [0, 0.1) is 0 Å². The van der Waals surface area contributed by atoms with Crippen molar-refractivity contribution in [2.24, 2.45) is 0 Å². The highest BCUT2D eigenvalue weighted by Crippen LogP contribution is 2.43. The normalized spacial score (nSPS) is 15.1. The fourth-order valence-electron chi connectivity index (χ4n) is 1.34. The maximum atomic E-state index is 10.9. The second-order valence-corrected chi connectivity index (χ2v) is 8.78. The van der Waals surface area contributed by atoms with E-state index in [0.29, 0.717) is 18.9 Å². The Morgan fingerprint density at radius 2 is 1.62 bits per heavy atom. The van der Waals surface area contributed by atoms with Gasteiger partial charge < -0.3 is 23.1 Å². The summed E-state index contributed by atoms with van der Waals surface area (Å²) in [5.41, 5.74) is -0.634. The monoisotopic (exact) mass is 272 g/mol. The Balaban J connectivity index is 4.10. The maximum absolute atomic E-state index is 10.9. The zero-order chi connectivity index (χ0) is 12.8. The molecule has 1 atom stereocenters. The predicted molar refractivity (Wildman–Crippen MR) is 62.3 cm³/mol. The quantitative estimate of drug-likeness (QED) is 0.510. The molecule has 0 aliphatic rings. The number of rotatable bonds is 8. The van der Waals surface area contributed by atoms with E-state index in [2.05, 4.69) is 0 Å². The summed E-state index contributed by atoms with van der Waals surface area (Å²) < 4.78 is 26.5. The summed E-state index contributed by atoms with van der Waals surface area (Å²) >= 11 is 0. The standard InChI is InChI=1S/C8H21O6PSi/c1-8(15(9,10)11)6-5-7-16(12-2,13-3)14-4/h8H,5-7H2,1-4H3,(H2,9,10,11). The van der Waals surface area contributed by atoms with Gasteiger partial charge in [0, 0.05) is 27.4 Å². The van der Waals surface area contributed by atoms with Crippen molar-refractivity contribution in [3.8, 4) is 0 Å². The van der Waals surface area contributed by atoms with Gasteiger partial charge in [-0.3, -0.25) is 4.57 Å². The van der Waals surface area contributed by atoms with Crippen molar-refractivity contribution in [1.29, 1.82) is 0 Å². The molecule has 0 aromatic carbocycles. The molecule has 0 aliphatic heterocycles. The molecule has 98 valence electrons. The smallest absolute Gasteiger partial charge is 0.377 e. The van der Waals surface area contributed by atoms with E-state index >= 15 is 0 Å². The van der Waals surface area contributed by atoms with Gasteiger partial charge in [0.2, 0.25) is 0 Å². The van der Waals surface area contributed by atoms with Crippen LogP contribution in [0.1, 0.15) is 19.8 Å². The first-order valence-corrected chi connectivity index (χ1v) is 8.63. The molecule has 0 aromatic rings. The zero-order valence-electron chi connectivity index (χ0n) is 10.2. The minimum absolute atomic E-state index is 0.426. The lowest BCUT2D eigenvalue weighted by Gasteiger charge is -2.24. The highest BCUT2D eigenvalue weighted by Gasteiger charge is 2.37. The van der Waals surface area contributed by atoms with Crippen LogP contribution in [0.15, 0.2) is 0 Å². The Morgan fingerprint density at radius 1 is 1.19 bits per heavy atom. The average molecular weight is 272 g/mol. The molecule has 0 rings (SSSR count). The number of hydrogen-bond donors (Lipinski definition) is 2. The van der Waals surface area contributed by atoms with Crippen LogP contribution in [-0.4, -0.2) is 45.6 Å². The van der Waals surface area contributed by atoms with E-state index < -0.39 is 22.1 Å². The summed E-state index contributed by atoms with van der Waals surface area (Å²) in [4.78, 5) is 17.8. The van der Waals surface area contributed by atoms with Crippen LogP contribution in [0.4, 0.5) is 0 Å². The van der Waals surface area contributed by atoms with Gasteiger partial charge in [-0.2, -0.15) is 0 Å². The van der Waals surface area contributed by atoms with Crippen molar-refractivity contribution in [3.05, 3.63) is 0 Å². The minimum Gasteiger partial charge on any atom is -0.377 e. The van der Waals surface area contributed by atoms with E-state index in [9.17, 15) is 4.57 Å². The van der Waals surface area contributed by atoms with Gasteiger partial charge in [0.05, 0.1) is 5.66 Å². The topological polar surface area (TPSA) is 85.2 Å². The Hall–Kier alpha value is 0.247. The molecule has 0 saturated heterocycles. The molecule has 8 heteroatoms. The van der Waals surface area contributed by atoms with Gasteiger partial charge in [0.25, 0.3) is 0 Å². The maximum Gasteiger partial charge on any atom is 0.500 e. The SMILES string of the molecule is CO[Si](CCCC(C)P(=O)(O)O)(OC)OC.